The van der Waals surface area contributed by atoms with Crippen LogP contribution in [0.25, 0.3) is 10.8 Å². The van der Waals surface area contributed by atoms with Gasteiger partial charge in [0, 0.05) is 18.5 Å². The van der Waals surface area contributed by atoms with Gasteiger partial charge in [-0.3, -0.25) is 4.79 Å². The molecule has 0 saturated carbocycles. The van der Waals surface area contributed by atoms with E-state index in [4.69, 9.17) is 13.9 Å². The van der Waals surface area contributed by atoms with Crippen molar-refractivity contribution in [1.82, 2.24) is 9.88 Å². The lowest BCUT2D eigenvalue weighted by atomic mass is 9.97. The Balaban J connectivity index is 1.44. The van der Waals surface area contributed by atoms with E-state index in [9.17, 15) is 9.59 Å². The van der Waals surface area contributed by atoms with Crippen LogP contribution in [0, 0.1) is 5.92 Å². The molecule has 146 valence electrons. The Morgan fingerprint density at radius 1 is 1.33 bits per heavy atom. The first kappa shape index (κ1) is 19.4. The van der Waals surface area contributed by atoms with Gasteiger partial charge >= 0.3 is 12.1 Å². The van der Waals surface area contributed by atoms with Gasteiger partial charge in [0.05, 0.1) is 17.9 Å². The lowest BCUT2D eigenvalue weighted by Gasteiger charge is -2.32. The van der Waals surface area contributed by atoms with Gasteiger partial charge in [-0.25, -0.2) is 9.78 Å². The summed E-state index contributed by atoms with van der Waals surface area (Å²) in [5.74, 6) is 0.255. The van der Waals surface area contributed by atoms with Crippen molar-refractivity contribution in [3.63, 3.8) is 0 Å². The van der Waals surface area contributed by atoms with E-state index in [-0.39, 0.29) is 24.6 Å². The minimum absolute atomic E-state index is 0.141. The Morgan fingerprint density at radius 2 is 2.07 bits per heavy atom. The third-order valence-electron chi connectivity index (χ3n) is 4.13. The SMILES string of the molecule is CC(C)(C)OC(=O)N1CCC(C(=O)OCc2csc(-c3ccco3)n2)CC1. The molecular formula is C19H24N2O5S. The molecular weight excluding hydrogens is 368 g/mol. The number of amides is 1. The number of nitrogens with zero attached hydrogens (tertiary/aromatic N) is 2. The Hall–Kier alpha value is -2.35. The summed E-state index contributed by atoms with van der Waals surface area (Å²) in [6.45, 7) is 6.64. The van der Waals surface area contributed by atoms with E-state index in [1.807, 2.05) is 32.2 Å². The monoisotopic (exact) mass is 392 g/mol. The molecule has 0 N–H and O–H groups in total. The molecule has 0 radical (unpaired) electrons. The summed E-state index contributed by atoms with van der Waals surface area (Å²) in [6.07, 6.45) is 2.42. The fourth-order valence-electron chi connectivity index (χ4n) is 2.77. The number of esters is 1. The minimum atomic E-state index is -0.519. The predicted octanol–water partition coefficient (Wildman–Crippen LogP) is 4.09. The molecule has 3 heterocycles. The molecule has 1 aliphatic heterocycles. The lowest BCUT2D eigenvalue weighted by Crippen LogP contribution is -2.43. The Labute approximate surface area is 162 Å². The Kier molecular flexibility index (Phi) is 5.84. The molecule has 8 heteroatoms. The molecule has 0 unspecified atom stereocenters. The van der Waals surface area contributed by atoms with Gasteiger partial charge in [-0.15, -0.1) is 11.3 Å². The zero-order valence-corrected chi connectivity index (χ0v) is 16.6. The fraction of sp³-hybridized carbons (Fsp3) is 0.526. The second kappa shape index (κ2) is 8.12. The van der Waals surface area contributed by atoms with Crippen LogP contribution in [0.3, 0.4) is 0 Å². The van der Waals surface area contributed by atoms with Gasteiger partial charge < -0.3 is 18.8 Å². The molecule has 1 aliphatic rings. The topological polar surface area (TPSA) is 81.9 Å². The standard InChI is InChI=1S/C19H24N2O5S/c1-19(2,3)26-18(23)21-8-6-13(7-9-21)17(22)25-11-14-12-27-16(20-14)15-5-4-10-24-15/h4-5,10,12-13H,6-9,11H2,1-3H3. The van der Waals surface area contributed by atoms with Gasteiger partial charge in [0.25, 0.3) is 0 Å². The summed E-state index contributed by atoms with van der Waals surface area (Å²) in [7, 11) is 0. The Morgan fingerprint density at radius 3 is 2.70 bits per heavy atom. The quantitative estimate of drug-likeness (QED) is 0.729. The molecule has 0 atom stereocenters. The molecule has 0 spiro atoms. The van der Waals surface area contributed by atoms with Gasteiger partial charge in [-0.1, -0.05) is 0 Å². The number of furan rings is 1. The maximum Gasteiger partial charge on any atom is 0.410 e. The van der Waals surface area contributed by atoms with Crippen molar-refractivity contribution in [2.24, 2.45) is 5.92 Å². The van der Waals surface area contributed by atoms with Crippen LogP contribution in [-0.4, -0.2) is 40.6 Å². The number of carbonyl (C=O) groups excluding carboxylic acids is 2. The summed E-state index contributed by atoms with van der Waals surface area (Å²) >= 11 is 1.45. The van der Waals surface area contributed by atoms with Crippen molar-refractivity contribution in [2.75, 3.05) is 13.1 Å². The van der Waals surface area contributed by atoms with Crippen molar-refractivity contribution < 1.29 is 23.5 Å². The molecule has 0 aromatic carbocycles. The van der Waals surface area contributed by atoms with Gasteiger partial charge in [-0.2, -0.15) is 0 Å². The molecule has 1 amide bonds. The normalized spacial score (nSPS) is 15.6. The number of hydrogen-bond donors (Lipinski definition) is 0. The van der Waals surface area contributed by atoms with Crippen molar-refractivity contribution in [3.8, 4) is 10.8 Å². The van der Waals surface area contributed by atoms with Crippen molar-refractivity contribution in [3.05, 3.63) is 29.5 Å². The van der Waals surface area contributed by atoms with Crippen LogP contribution >= 0.6 is 11.3 Å². The number of rotatable bonds is 4. The summed E-state index contributed by atoms with van der Waals surface area (Å²) in [4.78, 5) is 30.4. The van der Waals surface area contributed by atoms with E-state index < -0.39 is 5.60 Å². The lowest BCUT2D eigenvalue weighted by molar-refractivity contribution is -0.151. The van der Waals surface area contributed by atoms with E-state index in [1.165, 1.54) is 11.3 Å². The number of likely N-dealkylation sites (tertiary alicyclic amines) is 1. The van der Waals surface area contributed by atoms with E-state index in [1.54, 1.807) is 17.2 Å². The zero-order valence-electron chi connectivity index (χ0n) is 15.8. The molecule has 1 saturated heterocycles. The molecule has 27 heavy (non-hydrogen) atoms. The number of hydrogen-bond acceptors (Lipinski definition) is 7. The number of thiazole rings is 1. The number of ether oxygens (including phenoxy) is 2. The third kappa shape index (κ3) is 5.32. The number of piperidine rings is 1. The van der Waals surface area contributed by atoms with Gasteiger partial charge in [0.15, 0.2) is 10.8 Å². The Bertz CT molecular complexity index is 770. The van der Waals surface area contributed by atoms with Crippen molar-refractivity contribution in [1.29, 1.82) is 0 Å². The third-order valence-corrected chi connectivity index (χ3v) is 5.03. The van der Waals surface area contributed by atoms with Gasteiger partial charge in [0.1, 0.15) is 12.2 Å². The number of aromatic nitrogens is 1. The minimum Gasteiger partial charge on any atom is -0.462 e. The molecule has 3 rings (SSSR count). The smallest absolute Gasteiger partial charge is 0.410 e. The van der Waals surface area contributed by atoms with Crippen LogP contribution in [-0.2, 0) is 20.9 Å². The van der Waals surface area contributed by atoms with Crippen LogP contribution in [0.15, 0.2) is 28.2 Å². The second-order valence-corrected chi connectivity index (χ2v) is 8.33. The molecule has 0 bridgehead atoms. The highest BCUT2D eigenvalue weighted by Crippen LogP contribution is 2.25. The highest BCUT2D eigenvalue weighted by atomic mass is 32.1. The second-order valence-electron chi connectivity index (χ2n) is 7.47. The predicted molar refractivity (Wildman–Crippen MR) is 100 cm³/mol. The van der Waals surface area contributed by atoms with Crippen LogP contribution in [0.1, 0.15) is 39.3 Å². The first-order valence-electron chi connectivity index (χ1n) is 8.94. The zero-order chi connectivity index (χ0) is 19.4. The van der Waals surface area contributed by atoms with E-state index in [0.717, 1.165) is 5.01 Å². The molecule has 2 aromatic rings. The van der Waals surface area contributed by atoms with E-state index >= 15 is 0 Å². The summed E-state index contributed by atoms with van der Waals surface area (Å²) < 4.78 is 16.1. The molecule has 1 fully saturated rings. The van der Waals surface area contributed by atoms with Crippen molar-refractivity contribution in [2.45, 2.75) is 45.8 Å². The maximum atomic E-state index is 12.3. The average molecular weight is 392 g/mol. The van der Waals surface area contributed by atoms with E-state index in [0.29, 0.717) is 37.4 Å². The average Bonchev–Trinajstić information content (AvgIpc) is 3.29. The summed E-state index contributed by atoms with van der Waals surface area (Å²) in [5, 5.41) is 2.62. The van der Waals surface area contributed by atoms with Gasteiger partial charge in [-0.05, 0) is 45.7 Å². The van der Waals surface area contributed by atoms with Crippen LogP contribution in [0.5, 0.6) is 0 Å². The van der Waals surface area contributed by atoms with Crippen molar-refractivity contribution >= 4 is 23.4 Å². The van der Waals surface area contributed by atoms with Crippen LogP contribution in [0.4, 0.5) is 4.79 Å². The maximum absolute atomic E-state index is 12.3. The first-order valence-corrected chi connectivity index (χ1v) is 9.82. The van der Waals surface area contributed by atoms with Crippen LogP contribution in [0.2, 0.25) is 0 Å². The fourth-order valence-corrected chi connectivity index (χ4v) is 3.54. The first-order chi connectivity index (χ1) is 12.8. The number of carbonyl (C=O) groups is 2. The summed E-state index contributed by atoms with van der Waals surface area (Å²) in [5.41, 5.74) is 0.181. The van der Waals surface area contributed by atoms with E-state index in [2.05, 4.69) is 4.98 Å². The summed E-state index contributed by atoms with van der Waals surface area (Å²) in [6, 6.07) is 3.65. The molecule has 2 aromatic heterocycles. The van der Waals surface area contributed by atoms with Gasteiger partial charge in [0.2, 0.25) is 0 Å². The van der Waals surface area contributed by atoms with Crippen LogP contribution < -0.4 is 0 Å². The highest BCUT2D eigenvalue weighted by molar-refractivity contribution is 7.13. The molecule has 7 nitrogen and oxygen atoms in total. The molecule has 0 aliphatic carbocycles. The highest BCUT2D eigenvalue weighted by Gasteiger charge is 2.30. The largest absolute Gasteiger partial charge is 0.462 e.